The van der Waals surface area contributed by atoms with Crippen molar-refractivity contribution in [1.82, 2.24) is 4.98 Å². The number of nitrogens with zero attached hydrogens (tertiary/aromatic N) is 1. The van der Waals surface area contributed by atoms with Gasteiger partial charge in [0.25, 0.3) is 0 Å². The number of nitrogens with two attached hydrogens (primary N) is 1. The number of ether oxygens (including phenoxy) is 2. The Balaban J connectivity index is 2.06. The summed E-state index contributed by atoms with van der Waals surface area (Å²) in [5.41, 5.74) is 7.20. The second-order valence-corrected chi connectivity index (χ2v) is 5.74. The third-order valence-electron chi connectivity index (χ3n) is 2.96. The monoisotopic (exact) mass is 324 g/mol. The van der Waals surface area contributed by atoms with E-state index in [1.807, 2.05) is 24.3 Å². The van der Waals surface area contributed by atoms with Crippen LogP contribution in [0.3, 0.4) is 0 Å². The lowest BCUT2D eigenvalue weighted by Crippen LogP contribution is -2.13. The van der Waals surface area contributed by atoms with Gasteiger partial charge in [-0.2, -0.15) is 0 Å². The number of benzene rings is 1. The van der Waals surface area contributed by atoms with Crippen LogP contribution in [-0.2, 0) is 0 Å². The van der Waals surface area contributed by atoms with Gasteiger partial charge in [-0.1, -0.05) is 17.7 Å². The Morgan fingerprint density at radius 2 is 2.00 bits per heavy atom. The Morgan fingerprint density at radius 1 is 1.24 bits per heavy atom. The Labute approximate surface area is 133 Å². The number of aromatic nitrogens is 1. The number of thioether (sulfide) groups is 1. The van der Waals surface area contributed by atoms with Crippen molar-refractivity contribution >= 4 is 23.4 Å². The topological polar surface area (TPSA) is 57.4 Å². The Bertz CT molecular complexity index is 610. The minimum absolute atomic E-state index is 0.145. The van der Waals surface area contributed by atoms with Gasteiger partial charge in [-0.05, 0) is 29.8 Å². The fraction of sp³-hybridized carbons (Fsp3) is 0.267. The van der Waals surface area contributed by atoms with Crippen LogP contribution in [-0.4, -0.2) is 25.0 Å². The first kappa shape index (κ1) is 15.9. The zero-order valence-corrected chi connectivity index (χ0v) is 13.4. The second kappa shape index (κ2) is 7.54. The van der Waals surface area contributed by atoms with Crippen molar-refractivity contribution in [1.29, 1.82) is 0 Å². The van der Waals surface area contributed by atoms with Crippen LogP contribution in [0.25, 0.3) is 0 Å². The molecule has 0 saturated carbocycles. The van der Waals surface area contributed by atoms with Crippen LogP contribution in [0, 0.1) is 0 Å². The van der Waals surface area contributed by atoms with Crippen molar-refractivity contribution < 1.29 is 9.47 Å². The summed E-state index contributed by atoms with van der Waals surface area (Å²) in [6.07, 6.45) is 1.72. The molecule has 1 atom stereocenters. The molecule has 2 rings (SSSR count). The van der Waals surface area contributed by atoms with Gasteiger partial charge in [-0.15, -0.1) is 11.8 Å². The summed E-state index contributed by atoms with van der Waals surface area (Å²) in [7, 11) is 3.21. The van der Waals surface area contributed by atoms with E-state index in [0.717, 1.165) is 10.6 Å². The minimum atomic E-state index is -0.145. The van der Waals surface area contributed by atoms with Crippen molar-refractivity contribution in [3.63, 3.8) is 0 Å². The van der Waals surface area contributed by atoms with Crippen LogP contribution < -0.4 is 15.2 Å². The molecular weight excluding hydrogens is 308 g/mol. The summed E-state index contributed by atoms with van der Waals surface area (Å²) >= 11 is 7.61. The number of halogens is 1. The van der Waals surface area contributed by atoms with E-state index in [1.165, 1.54) is 11.8 Å². The molecule has 2 aromatic rings. The quantitative estimate of drug-likeness (QED) is 0.824. The van der Waals surface area contributed by atoms with E-state index in [4.69, 9.17) is 26.8 Å². The first-order chi connectivity index (χ1) is 10.2. The van der Waals surface area contributed by atoms with E-state index >= 15 is 0 Å². The van der Waals surface area contributed by atoms with Gasteiger partial charge in [0.2, 0.25) is 0 Å². The van der Waals surface area contributed by atoms with Crippen LogP contribution in [0.2, 0.25) is 5.02 Å². The molecule has 0 spiro atoms. The highest BCUT2D eigenvalue weighted by atomic mass is 35.5. The Morgan fingerprint density at radius 3 is 2.67 bits per heavy atom. The zero-order chi connectivity index (χ0) is 15.2. The molecule has 112 valence electrons. The highest BCUT2D eigenvalue weighted by molar-refractivity contribution is 7.99. The van der Waals surface area contributed by atoms with Gasteiger partial charge in [-0.3, -0.25) is 0 Å². The van der Waals surface area contributed by atoms with Gasteiger partial charge in [0, 0.05) is 18.0 Å². The first-order valence-electron chi connectivity index (χ1n) is 6.36. The van der Waals surface area contributed by atoms with Crippen molar-refractivity contribution in [2.24, 2.45) is 5.73 Å². The molecule has 0 saturated heterocycles. The van der Waals surface area contributed by atoms with Crippen molar-refractivity contribution in [2.45, 2.75) is 11.1 Å². The third kappa shape index (κ3) is 4.03. The van der Waals surface area contributed by atoms with Gasteiger partial charge < -0.3 is 15.2 Å². The molecule has 2 N–H and O–H groups in total. The number of hydrogen-bond donors (Lipinski definition) is 1. The number of pyridine rings is 1. The number of rotatable bonds is 6. The molecule has 0 aliphatic carbocycles. The van der Waals surface area contributed by atoms with Crippen LogP contribution in [0.5, 0.6) is 11.5 Å². The average molecular weight is 325 g/mol. The van der Waals surface area contributed by atoms with Crippen LogP contribution >= 0.6 is 23.4 Å². The third-order valence-corrected chi connectivity index (χ3v) is 4.50. The van der Waals surface area contributed by atoms with Gasteiger partial charge in [-0.25, -0.2) is 4.98 Å². The molecule has 1 aromatic carbocycles. The number of methoxy groups -OCH3 is 2. The summed E-state index contributed by atoms with van der Waals surface area (Å²) < 4.78 is 10.5. The van der Waals surface area contributed by atoms with E-state index in [9.17, 15) is 0 Å². The lowest BCUT2D eigenvalue weighted by atomic mass is 10.1. The normalized spacial score (nSPS) is 12.0. The zero-order valence-electron chi connectivity index (χ0n) is 11.9. The lowest BCUT2D eigenvalue weighted by molar-refractivity contribution is 0.354. The summed E-state index contributed by atoms with van der Waals surface area (Å²) in [5, 5.41) is 1.43. The molecule has 1 aromatic heterocycles. The summed E-state index contributed by atoms with van der Waals surface area (Å²) in [6.45, 7) is 0. The standard InChI is InChI=1S/C15H17ClN2O2S/c1-19-13-6-5-10(8-14(13)20-2)12(17)9-21-15-11(16)4-3-7-18-15/h3-8,12H,9,17H2,1-2H3. The van der Waals surface area contributed by atoms with E-state index < -0.39 is 0 Å². The molecule has 0 aliphatic heterocycles. The number of hydrogen-bond acceptors (Lipinski definition) is 5. The van der Waals surface area contributed by atoms with Crippen LogP contribution in [0.15, 0.2) is 41.6 Å². The Kier molecular flexibility index (Phi) is 5.73. The molecule has 0 radical (unpaired) electrons. The Hall–Kier alpha value is -1.43. The van der Waals surface area contributed by atoms with Crippen LogP contribution in [0.4, 0.5) is 0 Å². The average Bonchev–Trinajstić information content (AvgIpc) is 2.53. The molecule has 4 nitrogen and oxygen atoms in total. The maximum Gasteiger partial charge on any atom is 0.161 e. The molecule has 6 heteroatoms. The molecule has 1 heterocycles. The highest BCUT2D eigenvalue weighted by Crippen LogP contribution is 2.32. The largest absolute Gasteiger partial charge is 0.493 e. The second-order valence-electron chi connectivity index (χ2n) is 4.32. The van der Waals surface area contributed by atoms with Crippen molar-refractivity contribution in [2.75, 3.05) is 20.0 Å². The van der Waals surface area contributed by atoms with E-state index in [1.54, 1.807) is 26.5 Å². The van der Waals surface area contributed by atoms with E-state index in [-0.39, 0.29) is 6.04 Å². The predicted octanol–water partition coefficient (Wildman–Crippen LogP) is 3.54. The summed E-state index contributed by atoms with van der Waals surface area (Å²) in [4.78, 5) is 4.24. The van der Waals surface area contributed by atoms with Gasteiger partial charge in [0.1, 0.15) is 5.03 Å². The molecule has 0 amide bonds. The van der Waals surface area contributed by atoms with Gasteiger partial charge >= 0.3 is 0 Å². The maximum atomic E-state index is 6.22. The van der Waals surface area contributed by atoms with E-state index in [0.29, 0.717) is 22.3 Å². The SMILES string of the molecule is COc1ccc(C(N)CSc2ncccc2Cl)cc1OC. The lowest BCUT2D eigenvalue weighted by Gasteiger charge is -2.14. The van der Waals surface area contributed by atoms with E-state index in [2.05, 4.69) is 4.98 Å². The maximum absolute atomic E-state index is 6.22. The summed E-state index contributed by atoms with van der Waals surface area (Å²) in [6, 6.07) is 9.16. The fourth-order valence-electron chi connectivity index (χ4n) is 1.83. The minimum Gasteiger partial charge on any atom is -0.493 e. The van der Waals surface area contributed by atoms with Gasteiger partial charge in [0.15, 0.2) is 11.5 Å². The van der Waals surface area contributed by atoms with Crippen LogP contribution in [0.1, 0.15) is 11.6 Å². The molecule has 0 fully saturated rings. The predicted molar refractivity (Wildman–Crippen MR) is 86.4 cm³/mol. The molecule has 21 heavy (non-hydrogen) atoms. The summed E-state index contributed by atoms with van der Waals surface area (Å²) in [5.74, 6) is 2.03. The smallest absolute Gasteiger partial charge is 0.161 e. The highest BCUT2D eigenvalue weighted by Gasteiger charge is 2.12. The van der Waals surface area contributed by atoms with Crippen molar-refractivity contribution in [3.8, 4) is 11.5 Å². The molecule has 0 aliphatic rings. The fourth-order valence-corrected chi connectivity index (χ4v) is 2.98. The molecule has 0 bridgehead atoms. The molecule has 1 unspecified atom stereocenters. The first-order valence-corrected chi connectivity index (χ1v) is 7.73. The van der Waals surface area contributed by atoms with Crippen molar-refractivity contribution in [3.05, 3.63) is 47.1 Å². The van der Waals surface area contributed by atoms with Gasteiger partial charge in [0.05, 0.1) is 19.2 Å². The molecular formula is C15H17ClN2O2S.